The van der Waals surface area contributed by atoms with Gasteiger partial charge in [-0.05, 0) is 50.1 Å². The topological polar surface area (TPSA) is 36.6 Å². The Bertz CT molecular complexity index is 623. The number of hydrogen-bond donors (Lipinski definition) is 1. The average Bonchev–Trinajstić information content (AvgIpc) is 3.11. The van der Waals surface area contributed by atoms with Gasteiger partial charge in [0.1, 0.15) is 17.3 Å². The van der Waals surface area contributed by atoms with E-state index in [1.807, 2.05) is 18.2 Å². The maximum Gasteiger partial charge on any atom is 0.134 e. The fourth-order valence-corrected chi connectivity index (χ4v) is 2.99. The predicted molar refractivity (Wildman–Crippen MR) is 79.4 cm³/mol. The minimum Gasteiger partial charge on any atom is -0.460 e. The molecule has 0 saturated carbocycles. The van der Waals surface area contributed by atoms with Gasteiger partial charge < -0.3 is 9.52 Å². The van der Waals surface area contributed by atoms with Crippen molar-refractivity contribution in [1.29, 1.82) is 0 Å². The molecule has 1 aliphatic rings. The third-order valence-electron chi connectivity index (χ3n) is 4.26. The van der Waals surface area contributed by atoms with Crippen molar-refractivity contribution >= 4 is 0 Å². The molecule has 0 unspecified atom stereocenters. The van der Waals surface area contributed by atoms with Crippen LogP contribution in [0.4, 0.5) is 4.39 Å². The van der Waals surface area contributed by atoms with E-state index in [1.54, 1.807) is 13.0 Å². The van der Waals surface area contributed by atoms with Crippen molar-refractivity contribution in [2.24, 2.45) is 0 Å². The molecule has 1 aromatic carbocycles. The van der Waals surface area contributed by atoms with Crippen LogP contribution in [-0.2, 0) is 6.54 Å². The number of benzene rings is 1. The molecule has 1 aromatic heterocycles. The predicted octanol–water partition coefficient (Wildman–Crippen LogP) is 3.35. The summed E-state index contributed by atoms with van der Waals surface area (Å²) < 4.78 is 19.5. The van der Waals surface area contributed by atoms with Gasteiger partial charge in [0.15, 0.2) is 0 Å². The normalized spacial score (nSPS) is 19.3. The first-order valence-electron chi connectivity index (χ1n) is 7.38. The number of halogens is 1. The van der Waals surface area contributed by atoms with Gasteiger partial charge in [-0.3, -0.25) is 4.90 Å². The molecule has 0 aliphatic carbocycles. The molecule has 2 heterocycles. The molecule has 0 bridgehead atoms. The first-order chi connectivity index (χ1) is 10.2. The second-order valence-electron chi connectivity index (χ2n) is 5.63. The van der Waals surface area contributed by atoms with Crippen molar-refractivity contribution in [3.63, 3.8) is 0 Å². The number of likely N-dealkylation sites (tertiary alicyclic amines) is 1. The molecule has 112 valence electrons. The Hall–Kier alpha value is -1.65. The summed E-state index contributed by atoms with van der Waals surface area (Å²) in [5.41, 5.74) is 1.40. The van der Waals surface area contributed by atoms with Crippen LogP contribution in [0.25, 0.3) is 11.3 Å². The lowest BCUT2D eigenvalue weighted by Gasteiger charge is -2.21. The van der Waals surface area contributed by atoms with E-state index in [-0.39, 0.29) is 18.5 Å². The van der Waals surface area contributed by atoms with Crippen LogP contribution in [0.5, 0.6) is 0 Å². The molecular formula is C17H20FNO2. The first kappa shape index (κ1) is 14.3. The van der Waals surface area contributed by atoms with E-state index in [9.17, 15) is 9.50 Å². The summed E-state index contributed by atoms with van der Waals surface area (Å²) in [6.45, 7) is 3.63. The van der Waals surface area contributed by atoms with Crippen molar-refractivity contribution in [1.82, 2.24) is 4.90 Å². The lowest BCUT2D eigenvalue weighted by atomic mass is 10.1. The van der Waals surface area contributed by atoms with E-state index in [4.69, 9.17) is 4.42 Å². The number of hydrogen-bond acceptors (Lipinski definition) is 3. The summed E-state index contributed by atoms with van der Waals surface area (Å²) >= 11 is 0. The summed E-state index contributed by atoms with van der Waals surface area (Å²) in [5, 5.41) is 9.35. The molecule has 21 heavy (non-hydrogen) atoms. The lowest BCUT2D eigenvalue weighted by Crippen LogP contribution is -2.31. The van der Waals surface area contributed by atoms with Gasteiger partial charge in [0.05, 0.1) is 13.2 Å². The monoisotopic (exact) mass is 289 g/mol. The molecule has 1 N–H and O–H groups in total. The number of aliphatic hydroxyl groups is 1. The van der Waals surface area contributed by atoms with Gasteiger partial charge in [-0.2, -0.15) is 0 Å². The molecule has 1 saturated heterocycles. The minimum atomic E-state index is -0.217. The Morgan fingerprint density at radius 2 is 2.19 bits per heavy atom. The molecule has 2 aromatic rings. The van der Waals surface area contributed by atoms with Gasteiger partial charge >= 0.3 is 0 Å². The van der Waals surface area contributed by atoms with Crippen LogP contribution in [0, 0.1) is 12.7 Å². The highest BCUT2D eigenvalue weighted by atomic mass is 19.1. The number of aliphatic hydroxyl groups excluding tert-OH is 1. The number of nitrogens with zero attached hydrogens (tertiary/aromatic N) is 1. The zero-order valence-corrected chi connectivity index (χ0v) is 12.2. The zero-order valence-electron chi connectivity index (χ0n) is 12.2. The Morgan fingerprint density at radius 1 is 1.33 bits per heavy atom. The molecule has 3 nitrogen and oxygen atoms in total. The van der Waals surface area contributed by atoms with Gasteiger partial charge in [0, 0.05) is 11.6 Å². The molecular weight excluding hydrogens is 269 g/mol. The lowest BCUT2D eigenvalue weighted by molar-refractivity contribution is 0.146. The van der Waals surface area contributed by atoms with Crippen molar-refractivity contribution in [3.8, 4) is 11.3 Å². The largest absolute Gasteiger partial charge is 0.460 e. The Morgan fingerprint density at radius 3 is 3.00 bits per heavy atom. The fraction of sp³-hybridized carbons (Fsp3) is 0.412. The molecule has 1 fully saturated rings. The average molecular weight is 289 g/mol. The van der Waals surface area contributed by atoms with Crippen LogP contribution in [0.3, 0.4) is 0 Å². The summed E-state index contributed by atoms with van der Waals surface area (Å²) in [4.78, 5) is 2.24. The van der Waals surface area contributed by atoms with Crippen LogP contribution in [0.15, 0.2) is 34.7 Å². The van der Waals surface area contributed by atoms with Crippen LogP contribution >= 0.6 is 0 Å². The Labute approximate surface area is 124 Å². The van der Waals surface area contributed by atoms with Crippen LogP contribution in [0.1, 0.15) is 24.2 Å². The number of furan rings is 1. The van der Waals surface area contributed by atoms with Crippen LogP contribution in [0.2, 0.25) is 0 Å². The van der Waals surface area contributed by atoms with Crippen molar-refractivity contribution in [2.45, 2.75) is 32.4 Å². The second kappa shape index (κ2) is 6.00. The van der Waals surface area contributed by atoms with Crippen molar-refractivity contribution < 1.29 is 13.9 Å². The Kier molecular flexibility index (Phi) is 4.08. The quantitative estimate of drug-likeness (QED) is 0.937. The molecule has 0 amide bonds. The van der Waals surface area contributed by atoms with E-state index in [0.717, 1.165) is 30.7 Å². The molecule has 1 atom stereocenters. The highest BCUT2D eigenvalue weighted by Gasteiger charge is 2.24. The molecule has 0 radical (unpaired) electrons. The summed E-state index contributed by atoms with van der Waals surface area (Å²) in [6.07, 6.45) is 2.15. The van der Waals surface area contributed by atoms with Gasteiger partial charge in [0.25, 0.3) is 0 Å². The molecule has 0 spiro atoms. The van der Waals surface area contributed by atoms with Crippen molar-refractivity contribution in [3.05, 3.63) is 47.5 Å². The second-order valence-corrected chi connectivity index (χ2v) is 5.63. The van der Waals surface area contributed by atoms with Gasteiger partial charge in [-0.1, -0.05) is 12.1 Å². The van der Waals surface area contributed by atoms with E-state index in [0.29, 0.717) is 17.9 Å². The van der Waals surface area contributed by atoms with Crippen LogP contribution in [-0.4, -0.2) is 29.2 Å². The highest BCUT2D eigenvalue weighted by Crippen LogP contribution is 2.28. The minimum absolute atomic E-state index is 0.191. The van der Waals surface area contributed by atoms with Gasteiger partial charge in [0.2, 0.25) is 0 Å². The SMILES string of the molecule is Cc1c(F)cccc1-c1ccc(CN2CCC[C@@H]2CO)o1. The maximum atomic E-state index is 13.6. The standard InChI is InChI=1S/C17H20FNO2/c1-12-15(5-2-6-16(12)18)17-8-7-14(21-17)10-19-9-3-4-13(19)11-20/h2,5-8,13,20H,3-4,9-11H2,1H3/t13-/m1/s1. The smallest absolute Gasteiger partial charge is 0.134 e. The van der Waals surface area contributed by atoms with Gasteiger partial charge in [-0.25, -0.2) is 4.39 Å². The number of rotatable bonds is 4. The maximum absolute atomic E-state index is 13.6. The van der Waals surface area contributed by atoms with E-state index in [2.05, 4.69) is 4.90 Å². The van der Waals surface area contributed by atoms with E-state index < -0.39 is 0 Å². The van der Waals surface area contributed by atoms with E-state index >= 15 is 0 Å². The molecule has 3 rings (SSSR count). The summed E-state index contributed by atoms with van der Waals surface area (Å²) in [7, 11) is 0. The Balaban J connectivity index is 1.79. The summed E-state index contributed by atoms with van der Waals surface area (Å²) in [6, 6.07) is 9.08. The van der Waals surface area contributed by atoms with Crippen LogP contribution < -0.4 is 0 Å². The fourth-order valence-electron chi connectivity index (χ4n) is 2.99. The highest BCUT2D eigenvalue weighted by molar-refractivity contribution is 5.62. The third-order valence-corrected chi connectivity index (χ3v) is 4.26. The zero-order chi connectivity index (χ0) is 14.8. The van der Waals surface area contributed by atoms with E-state index in [1.165, 1.54) is 6.07 Å². The summed E-state index contributed by atoms with van der Waals surface area (Å²) in [5.74, 6) is 1.33. The van der Waals surface area contributed by atoms with Gasteiger partial charge in [-0.15, -0.1) is 0 Å². The third kappa shape index (κ3) is 2.87. The first-order valence-corrected chi connectivity index (χ1v) is 7.38. The van der Waals surface area contributed by atoms with Crippen molar-refractivity contribution in [2.75, 3.05) is 13.2 Å². The molecule has 1 aliphatic heterocycles. The molecule has 4 heteroatoms.